The Kier molecular flexibility index (Phi) is 60.3. The average molecular weight is 1340 g/mol. The summed E-state index contributed by atoms with van der Waals surface area (Å²) in [5.74, 6) is 0.872. The summed E-state index contributed by atoms with van der Waals surface area (Å²) >= 11 is 0. The van der Waals surface area contributed by atoms with E-state index in [9.17, 15) is 43.2 Å². The lowest BCUT2D eigenvalue weighted by Crippen LogP contribution is -2.30. The molecule has 0 fully saturated rings. The van der Waals surface area contributed by atoms with E-state index < -0.39 is 97.5 Å². The number of carbonyl (C=O) groups is 4. The monoisotopic (exact) mass is 1340 g/mol. The molecule has 19 heteroatoms. The Bertz CT molecular complexity index is 1800. The van der Waals surface area contributed by atoms with Crippen molar-refractivity contribution in [1.82, 2.24) is 0 Å². The van der Waals surface area contributed by atoms with Gasteiger partial charge < -0.3 is 33.8 Å². The van der Waals surface area contributed by atoms with E-state index in [2.05, 4.69) is 55.4 Å². The Hall–Kier alpha value is -1.94. The van der Waals surface area contributed by atoms with Crippen molar-refractivity contribution in [3.63, 3.8) is 0 Å². The molecule has 17 nitrogen and oxygen atoms in total. The number of aliphatic hydroxyl groups excluding tert-OH is 1. The highest BCUT2D eigenvalue weighted by Gasteiger charge is 2.30. The molecular formula is C72H140O17P2. The van der Waals surface area contributed by atoms with Crippen LogP contribution in [-0.4, -0.2) is 96.7 Å². The van der Waals surface area contributed by atoms with Crippen molar-refractivity contribution >= 4 is 39.5 Å². The van der Waals surface area contributed by atoms with Crippen LogP contribution < -0.4 is 0 Å². The van der Waals surface area contributed by atoms with Gasteiger partial charge in [-0.2, -0.15) is 0 Å². The number of rotatable bonds is 69. The summed E-state index contributed by atoms with van der Waals surface area (Å²) < 4.78 is 68.4. The largest absolute Gasteiger partial charge is 0.472 e. The van der Waals surface area contributed by atoms with Crippen molar-refractivity contribution in [2.75, 3.05) is 39.6 Å². The number of ether oxygens (including phenoxy) is 4. The van der Waals surface area contributed by atoms with Gasteiger partial charge in [-0.15, -0.1) is 0 Å². The molecule has 0 aliphatic heterocycles. The molecule has 0 radical (unpaired) electrons. The first-order chi connectivity index (χ1) is 43.6. The number of phosphoric ester groups is 2. The second-order valence-corrected chi connectivity index (χ2v) is 30.8. The Morgan fingerprint density at radius 2 is 0.462 bits per heavy atom. The van der Waals surface area contributed by atoms with Crippen LogP contribution in [0.5, 0.6) is 0 Å². The number of hydrogen-bond acceptors (Lipinski definition) is 15. The molecule has 0 saturated carbocycles. The van der Waals surface area contributed by atoms with Crippen LogP contribution in [0.3, 0.4) is 0 Å². The van der Waals surface area contributed by atoms with E-state index in [1.165, 1.54) is 161 Å². The van der Waals surface area contributed by atoms with Gasteiger partial charge in [0.25, 0.3) is 0 Å². The van der Waals surface area contributed by atoms with Gasteiger partial charge in [-0.3, -0.25) is 37.3 Å². The number of phosphoric acid groups is 2. The fraction of sp³-hybridized carbons (Fsp3) is 0.944. The van der Waals surface area contributed by atoms with Gasteiger partial charge in [0, 0.05) is 25.7 Å². The van der Waals surface area contributed by atoms with Gasteiger partial charge >= 0.3 is 39.5 Å². The maximum Gasteiger partial charge on any atom is 0.472 e. The normalized spacial score (nSPS) is 14.2. The number of esters is 4. The van der Waals surface area contributed by atoms with E-state index in [1.54, 1.807) is 0 Å². The van der Waals surface area contributed by atoms with Gasteiger partial charge in [-0.05, 0) is 49.4 Å². The van der Waals surface area contributed by atoms with Crippen LogP contribution in [0.4, 0.5) is 0 Å². The van der Waals surface area contributed by atoms with Crippen LogP contribution in [0.2, 0.25) is 0 Å². The minimum atomic E-state index is -4.95. The first-order valence-corrected chi connectivity index (χ1v) is 40.2. The van der Waals surface area contributed by atoms with Crippen molar-refractivity contribution in [3.8, 4) is 0 Å². The average Bonchev–Trinajstić information content (AvgIpc) is 3.67. The lowest BCUT2D eigenvalue weighted by Gasteiger charge is -2.21. The highest BCUT2D eigenvalue weighted by atomic mass is 31.2. The lowest BCUT2D eigenvalue weighted by molar-refractivity contribution is -0.161. The zero-order chi connectivity index (χ0) is 67.5. The second-order valence-electron chi connectivity index (χ2n) is 27.9. The molecule has 0 saturated heterocycles. The smallest absolute Gasteiger partial charge is 0.462 e. The van der Waals surface area contributed by atoms with E-state index in [1.807, 2.05) is 0 Å². The summed E-state index contributed by atoms with van der Waals surface area (Å²) in [6.45, 7) is 14.1. The van der Waals surface area contributed by atoms with Gasteiger partial charge in [-0.1, -0.05) is 306 Å². The summed E-state index contributed by atoms with van der Waals surface area (Å²) in [5.41, 5.74) is 0. The Balaban J connectivity index is 5.27. The molecule has 0 aliphatic carbocycles. The van der Waals surface area contributed by atoms with Crippen LogP contribution in [-0.2, 0) is 65.4 Å². The summed E-state index contributed by atoms with van der Waals surface area (Å²) in [5, 5.41) is 10.6. The van der Waals surface area contributed by atoms with Crippen LogP contribution >= 0.6 is 15.6 Å². The Morgan fingerprint density at radius 3 is 0.681 bits per heavy atom. The third-order valence-electron chi connectivity index (χ3n) is 16.6. The van der Waals surface area contributed by atoms with Crippen LogP contribution in [0.1, 0.15) is 357 Å². The molecule has 0 aliphatic rings. The SMILES string of the molecule is CC(C)CCCCCCCCCCCCCCC(=O)O[C@H](COC(=O)CCCCCCCCCCCC(C)C)COP(=O)(O)OCC(O)COP(=O)(O)OC[C@@H](COC(=O)CCCCCCCCCCC(C)C)OC(=O)CCCCCCCCCCCCC(C)C. The third-order valence-corrected chi connectivity index (χ3v) is 18.5. The first-order valence-electron chi connectivity index (χ1n) is 37.2. The number of carbonyl (C=O) groups excluding carboxylic acids is 4. The lowest BCUT2D eigenvalue weighted by atomic mass is 10.0. The molecule has 540 valence electrons. The number of aliphatic hydroxyl groups is 1. The minimum Gasteiger partial charge on any atom is -0.462 e. The fourth-order valence-corrected chi connectivity index (χ4v) is 12.4. The predicted octanol–water partition coefficient (Wildman–Crippen LogP) is 20.5. The van der Waals surface area contributed by atoms with Gasteiger partial charge in [0.05, 0.1) is 26.4 Å². The summed E-state index contributed by atoms with van der Waals surface area (Å²) in [4.78, 5) is 72.6. The van der Waals surface area contributed by atoms with Crippen LogP contribution in [0, 0.1) is 23.7 Å². The Labute approximate surface area is 556 Å². The quantitative estimate of drug-likeness (QED) is 0.0222. The molecule has 0 aromatic heterocycles. The molecule has 91 heavy (non-hydrogen) atoms. The van der Waals surface area contributed by atoms with E-state index >= 15 is 0 Å². The van der Waals surface area contributed by atoms with Crippen molar-refractivity contribution in [2.24, 2.45) is 23.7 Å². The first kappa shape index (κ1) is 89.1. The van der Waals surface area contributed by atoms with Gasteiger partial charge in [0.1, 0.15) is 19.3 Å². The fourth-order valence-electron chi connectivity index (χ4n) is 10.8. The summed E-state index contributed by atoms with van der Waals surface area (Å²) in [6, 6.07) is 0. The van der Waals surface area contributed by atoms with Gasteiger partial charge in [0.2, 0.25) is 0 Å². The summed E-state index contributed by atoms with van der Waals surface area (Å²) in [6.07, 6.45) is 44.4. The predicted molar refractivity (Wildman–Crippen MR) is 367 cm³/mol. The summed E-state index contributed by atoms with van der Waals surface area (Å²) in [7, 11) is -9.91. The molecule has 0 amide bonds. The molecule has 0 aromatic rings. The highest BCUT2D eigenvalue weighted by Crippen LogP contribution is 2.45. The molecule has 3 N–H and O–H groups in total. The van der Waals surface area contributed by atoms with E-state index in [-0.39, 0.29) is 25.7 Å². The molecule has 0 heterocycles. The number of hydrogen-bond donors (Lipinski definition) is 3. The molecule has 0 rings (SSSR count). The van der Waals surface area contributed by atoms with Crippen molar-refractivity contribution in [1.29, 1.82) is 0 Å². The molecule has 0 spiro atoms. The van der Waals surface area contributed by atoms with Crippen LogP contribution in [0.15, 0.2) is 0 Å². The highest BCUT2D eigenvalue weighted by molar-refractivity contribution is 7.47. The van der Waals surface area contributed by atoms with Crippen molar-refractivity contribution in [3.05, 3.63) is 0 Å². The molecular weight excluding hydrogens is 1200 g/mol. The third kappa shape index (κ3) is 66.5. The molecule has 0 aromatic carbocycles. The standard InChI is InChI=1S/C72H140O17P2/c1-62(2)48-40-32-24-16-11-9-10-12-19-30-38-46-54-71(76)88-67(58-82-69(74)52-44-36-28-21-15-18-26-34-42-50-64(5)6)60-86-90(78,79)84-56-66(73)57-85-91(80,81)87-61-68(59-83-70(75)53-45-37-29-23-22-27-35-43-51-65(7)8)89-72(77)55-47-39-31-20-14-13-17-25-33-41-49-63(3)4/h62-68,73H,9-61H2,1-8H3,(H,78,79)(H,80,81)/t66?,67-,68-/m1/s1. The molecule has 5 atom stereocenters. The van der Waals surface area contributed by atoms with Crippen LogP contribution in [0.25, 0.3) is 0 Å². The molecule has 0 bridgehead atoms. The van der Waals surface area contributed by atoms with Crippen molar-refractivity contribution in [2.45, 2.75) is 375 Å². The van der Waals surface area contributed by atoms with Gasteiger partial charge in [0.15, 0.2) is 12.2 Å². The second kappa shape index (κ2) is 61.6. The zero-order valence-corrected chi connectivity index (χ0v) is 61.3. The zero-order valence-electron chi connectivity index (χ0n) is 59.5. The number of unbranched alkanes of at least 4 members (excludes halogenated alkanes) is 35. The van der Waals surface area contributed by atoms with Gasteiger partial charge in [-0.25, -0.2) is 9.13 Å². The van der Waals surface area contributed by atoms with Crippen molar-refractivity contribution < 1.29 is 80.2 Å². The van der Waals surface area contributed by atoms with E-state index in [4.69, 9.17) is 37.0 Å². The minimum absolute atomic E-state index is 0.105. The maximum absolute atomic E-state index is 13.0. The van der Waals surface area contributed by atoms with E-state index in [0.717, 1.165) is 114 Å². The molecule has 3 unspecified atom stereocenters. The van der Waals surface area contributed by atoms with E-state index in [0.29, 0.717) is 25.7 Å². The maximum atomic E-state index is 13.0. The Morgan fingerprint density at radius 1 is 0.275 bits per heavy atom. The topological polar surface area (TPSA) is 237 Å².